The first-order valence-electron chi connectivity index (χ1n) is 6.38. The van der Waals surface area contributed by atoms with Crippen molar-refractivity contribution >= 4 is 19.2 Å². The van der Waals surface area contributed by atoms with Gasteiger partial charge in [-0.2, -0.15) is 0 Å². The van der Waals surface area contributed by atoms with Crippen molar-refractivity contribution in [1.29, 1.82) is 0 Å². The van der Waals surface area contributed by atoms with Crippen LogP contribution in [0.2, 0.25) is 0 Å². The second-order valence-corrected chi connectivity index (χ2v) is 7.76. The molecule has 1 aliphatic rings. The minimum absolute atomic E-state index is 0.0496. The molecular formula is C12H17N4O4P. The number of nitrogens with zero attached hydrogens (tertiary/aromatic N) is 1. The van der Waals surface area contributed by atoms with Crippen LogP contribution in [0.1, 0.15) is 24.2 Å². The molecule has 1 heterocycles. The first-order chi connectivity index (χ1) is 9.71. The number of benzene rings is 1. The van der Waals surface area contributed by atoms with E-state index in [2.05, 4.69) is 15.3 Å². The monoisotopic (exact) mass is 312 g/mol. The van der Waals surface area contributed by atoms with Gasteiger partial charge in [0.15, 0.2) is 0 Å². The van der Waals surface area contributed by atoms with Crippen molar-refractivity contribution < 1.29 is 14.3 Å². The third-order valence-electron chi connectivity index (χ3n) is 3.16. The number of nitro benzene ring substituents is 1. The molecule has 3 N–H and O–H groups in total. The number of amides is 1. The molecule has 1 saturated heterocycles. The zero-order chi connectivity index (χ0) is 15.7. The van der Waals surface area contributed by atoms with Crippen molar-refractivity contribution in [3.8, 4) is 0 Å². The molecule has 0 saturated carbocycles. The minimum atomic E-state index is -3.18. The Labute approximate surface area is 122 Å². The second-order valence-electron chi connectivity index (χ2n) is 5.69. The van der Waals surface area contributed by atoms with Gasteiger partial charge in [0, 0.05) is 30.8 Å². The summed E-state index contributed by atoms with van der Waals surface area (Å²) >= 11 is 0. The molecule has 1 amide bonds. The van der Waals surface area contributed by atoms with Gasteiger partial charge in [0.05, 0.1) is 4.92 Å². The summed E-state index contributed by atoms with van der Waals surface area (Å²) in [6, 6.07) is 5.12. The highest BCUT2D eigenvalue weighted by Gasteiger charge is 2.34. The summed E-state index contributed by atoms with van der Waals surface area (Å²) in [6.45, 7) is 5.04. The molecular weight excluding hydrogens is 295 g/mol. The fourth-order valence-corrected chi connectivity index (χ4v) is 3.78. The Kier molecular flexibility index (Phi) is 4.13. The maximum absolute atomic E-state index is 12.4. The van der Waals surface area contributed by atoms with Crippen LogP contribution < -0.4 is 15.3 Å². The SMILES string of the molecule is CC1(C)CNP(=O)(NC(=O)c2ccc([N+](=O)[O-])cc2)NC1. The number of non-ortho nitro benzene ring substituents is 1. The van der Waals surface area contributed by atoms with E-state index < -0.39 is 18.4 Å². The predicted molar refractivity (Wildman–Crippen MR) is 78.0 cm³/mol. The largest absolute Gasteiger partial charge is 0.305 e. The number of nitro groups is 1. The lowest BCUT2D eigenvalue weighted by molar-refractivity contribution is -0.384. The van der Waals surface area contributed by atoms with Crippen LogP contribution in [0.15, 0.2) is 24.3 Å². The van der Waals surface area contributed by atoms with Crippen LogP contribution in [-0.2, 0) is 4.57 Å². The van der Waals surface area contributed by atoms with E-state index in [4.69, 9.17) is 0 Å². The molecule has 1 aromatic rings. The fraction of sp³-hybridized carbons (Fsp3) is 0.417. The standard InChI is InChI=1S/C12H17N4O4P/c1-12(2)7-13-21(20,14-8-12)15-11(17)9-3-5-10(6-4-9)16(18)19/h3-6H,7-8H2,1-2H3,(H3,13,14,15,17,20). The van der Waals surface area contributed by atoms with Crippen molar-refractivity contribution in [3.05, 3.63) is 39.9 Å². The van der Waals surface area contributed by atoms with Gasteiger partial charge in [0.25, 0.3) is 11.6 Å². The number of rotatable bonds is 3. The Morgan fingerprint density at radius 2 is 1.81 bits per heavy atom. The number of carbonyl (C=O) groups is 1. The summed E-state index contributed by atoms with van der Waals surface area (Å²) in [5, 5.41) is 18.6. The number of hydrogen-bond donors (Lipinski definition) is 3. The topological polar surface area (TPSA) is 113 Å². The number of hydrogen-bond acceptors (Lipinski definition) is 4. The normalized spacial score (nSPS) is 19.7. The summed E-state index contributed by atoms with van der Waals surface area (Å²) in [4.78, 5) is 22.0. The molecule has 0 bridgehead atoms. The van der Waals surface area contributed by atoms with E-state index in [9.17, 15) is 19.5 Å². The summed E-state index contributed by atoms with van der Waals surface area (Å²) in [6.07, 6.45) is 0. The smallest absolute Gasteiger partial charge is 0.279 e. The predicted octanol–water partition coefficient (Wildman–Crippen LogP) is 1.65. The number of nitrogens with one attached hydrogen (secondary N) is 3. The maximum atomic E-state index is 12.4. The first kappa shape index (κ1) is 15.6. The van der Waals surface area contributed by atoms with Gasteiger partial charge in [0.2, 0.25) is 0 Å². The van der Waals surface area contributed by atoms with E-state index >= 15 is 0 Å². The fourth-order valence-electron chi connectivity index (χ4n) is 1.79. The van der Waals surface area contributed by atoms with Crippen LogP contribution in [0, 0.1) is 15.5 Å². The van der Waals surface area contributed by atoms with Crippen LogP contribution >= 0.6 is 7.59 Å². The van der Waals surface area contributed by atoms with Gasteiger partial charge in [-0.15, -0.1) is 0 Å². The summed E-state index contributed by atoms with van der Waals surface area (Å²) in [5.74, 6) is -0.548. The van der Waals surface area contributed by atoms with Gasteiger partial charge in [-0.1, -0.05) is 13.8 Å². The van der Waals surface area contributed by atoms with Crippen molar-refractivity contribution in [2.75, 3.05) is 13.1 Å². The lowest BCUT2D eigenvalue weighted by Gasteiger charge is -2.36. The molecule has 21 heavy (non-hydrogen) atoms. The lowest BCUT2D eigenvalue weighted by atomic mass is 9.94. The first-order valence-corrected chi connectivity index (χ1v) is 8.09. The van der Waals surface area contributed by atoms with Gasteiger partial charge < -0.3 is 0 Å². The van der Waals surface area contributed by atoms with E-state index in [1.165, 1.54) is 24.3 Å². The molecule has 1 aliphatic heterocycles. The summed E-state index contributed by atoms with van der Waals surface area (Å²) in [7, 11) is -3.18. The van der Waals surface area contributed by atoms with E-state index in [0.717, 1.165) is 0 Å². The van der Waals surface area contributed by atoms with Crippen molar-refractivity contribution in [3.63, 3.8) is 0 Å². The minimum Gasteiger partial charge on any atom is -0.279 e. The van der Waals surface area contributed by atoms with Crippen molar-refractivity contribution in [2.24, 2.45) is 5.41 Å². The summed E-state index contributed by atoms with van der Waals surface area (Å²) < 4.78 is 12.4. The molecule has 2 rings (SSSR count). The number of carbonyl (C=O) groups excluding carboxylic acids is 1. The molecule has 1 aromatic carbocycles. The highest BCUT2D eigenvalue weighted by Crippen LogP contribution is 2.37. The molecule has 0 atom stereocenters. The molecule has 114 valence electrons. The molecule has 0 aliphatic carbocycles. The van der Waals surface area contributed by atoms with Crippen molar-refractivity contribution in [2.45, 2.75) is 13.8 Å². The highest BCUT2D eigenvalue weighted by molar-refractivity contribution is 7.58. The van der Waals surface area contributed by atoms with Gasteiger partial charge >= 0.3 is 7.59 Å². The van der Waals surface area contributed by atoms with E-state index in [1.54, 1.807) is 0 Å². The maximum Gasteiger partial charge on any atom is 0.305 e. The second kappa shape index (κ2) is 5.55. The van der Waals surface area contributed by atoms with Crippen LogP contribution in [0.3, 0.4) is 0 Å². The highest BCUT2D eigenvalue weighted by atomic mass is 31.2. The third kappa shape index (κ3) is 3.87. The lowest BCUT2D eigenvalue weighted by Crippen LogP contribution is -2.49. The van der Waals surface area contributed by atoms with Gasteiger partial charge in [-0.3, -0.25) is 24.6 Å². The Morgan fingerprint density at radius 3 is 2.29 bits per heavy atom. The van der Waals surface area contributed by atoms with Crippen LogP contribution in [-0.4, -0.2) is 23.9 Å². The van der Waals surface area contributed by atoms with Gasteiger partial charge in [-0.05, 0) is 17.5 Å². The molecule has 0 radical (unpaired) electrons. The zero-order valence-corrected chi connectivity index (χ0v) is 12.6. The Balaban J connectivity index is 2.04. The van der Waals surface area contributed by atoms with Crippen LogP contribution in [0.5, 0.6) is 0 Å². The van der Waals surface area contributed by atoms with Crippen molar-refractivity contribution in [1.82, 2.24) is 15.3 Å². The van der Waals surface area contributed by atoms with E-state index in [0.29, 0.717) is 13.1 Å². The molecule has 0 spiro atoms. The molecule has 9 heteroatoms. The van der Waals surface area contributed by atoms with E-state index in [1.807, 2.05) is 13.8 Å². The molecule has 0 unspecified atom stereocenters. The third-order valence-corrected chi connectivity index (χ3v) is 4.88. The zero-order valence-electron chi connectivity index (χ0n) is 11.8. The van der Waals surface area contributed by atoms with Crippen LogP contribution in [0.4, 0.5) is 5.69 Å². The Bertz CT molecular complexity index is 600. The Morgan fingerprint density at radius 1 is 1.29 bits per heavy atom. The Hall–Kier alpha value is -1.76. The quantitative estimate of drug-likeness (QED) is 0.444. The molecule has 8 nitrogen and oxygen atoms in total. The van der Waals surface area contributed by atoms with Gasteiger partial charge in [-0.25, -0.2) is 10.2 Å². The average molecular weight is 312 g/mol. The van der Waals surface area contributed by atoms with Crippen LogP contribution in [0.25, 0.3) is 0 Å². The van der Waals surface area contributed by atoms with E-state index in [-0.39, 0.29) is 16.7 Å². The summed E-state index contributed by atoms with van der Waals surface area (Å²) in [5.41, 5.74) is 0.0598. The molecule has 0 aromatic heterocycles. The average Bonchev–Trinajstić information content (AvgIpc) is 2.43. The molecule has 1 fully saturated rings. The van der Waals surface area contributed by atoms with Gasteiger partial charge in [0.1, 0.15) is 0 Å².